The highest BCUT2D eigenvalue weighted by atomic mass is 16.7. The third-order valence-electron chi connectivity index (χ3n) is 5.69. The van der Waals surface area contributed by atoms with Gasteiger partial charge in [0.25, 0.3) is 0 Å². The van der Waals surface area contributed by atoms with Gasteiger partial charge in [0, 0.05) is 0 Å². The molecule has 0 aromatic rings. The van der Waals surface area contributed by atoms with E-state index < -0.39 is 6.16 Å². The second-order valence-corrected chi connectivity index (χ2v) is 8.08. The summed E-state index contributed by atoms with van der Waals surface area (Å²) >= 11 is 0. The Hall–Kier alpha value is -0.770. The first-order chi connectivity index (χ1) is 11.4. The number of aliphatic hydroxyl groups excluding tert-OH is 1. The second kappa shape index (κ2) is 11.7. The molecule has 1 aliphatic rings. The minimum Gasteiger partial charge on any atom is -0.450 e. The van der Waals surface area contributed by atoms with Crippen LogP contribution in [0.1, 0.15) is 85.0 Å². The lowest BCUT2D eigenvalue weighted by Gasteiger charge is -2.40. The third-order valence-corrected chi connectivity index (χ3v) is 5.69. The molecule has 1 fully saturated rings. The van der Waals surface area contributed by atoms with Gasteiger partial charge in [0.05, 0.1) is 12.7 Å². The SMILES string of the molecule is CC1CCC(C(C)C)C(C(O)CCCCCCCCOC(=O)O)C1. The topological polar surface area (TPSA) is 66.8 Å². The predicted molar refractivity (Wildman–Crippen MR) is 97.1 cm³/mol. The van der Waals surface area contributed by atoms with Crippen LogP contribution in [0.4, 0.5) is 4.79 Å². The molecule has 0 aromatic heterocycles. The monoisotopic (exact) mass is 342 g/mol. The van der Waals surface area contributed by atoms with Crippen LogP contribution in [0, 0.1) is 23.7 Å². The average Bonchev–Trinajstić information content (AvgIpc) is 2.52. The molecule has 0 aromatic carbocycles. The third kappa shape index (κ3) is 8.36. The minimum atomic E-state index is -1.18. The Morgan fingerprint density at radius 3 is 2.29 bits per heavy atom. The van der Waals surface area contributed by atoms with Crippen molar-refractivity contribution in [1.82, 2.24) is 0 Å². The van der Waals surface area contributed by atoms with Crippen LogP contribution in [-0.4, -0.2) is 29.1 Å². The molecule has 0 bridgehead atoms. The van der Waals surface area contributed by atoms with E-state index in [4.69, 9.17) is 5.11 Å². The summed E-state index contributed by atoms with van der Waals surface area (Å²) < 4.78 is 4.49. The van der Waals surface area contributed by atoms with Crippen LogP contribution in [0.2, 0.25) is 0 Å². The van der Waals surface area contributed by atoms with E-state index in [2.05, 4.69) is 25.5 Å². The molecule has 0 radical (unpaired) electrons. The average molecular weight is 343 g/mol. The largest absolute Gasteiger partial charge is 0.505 e. The van der Waals surface area contributed by atoms with E-state index in [1.807, 2.05) is 0 Å². The standard InChI is InChI=1S/C20H38O4/c1-15(2)17-12-11-16(3)14-18(17)19(21)10-8-6-4-5-7-9-13-24-20(22)23/h15-19,21H,4-14H2,1-3H3,(H,22,23). The highest BCUT2D eigenvalue weighted by Crippen LogP contribution is 2.40. The number of hydrogen-bond donors (Lipinski definition) is 2. The first-order valence-electron chi connectivity index (χ1n) is 9.95. The van der Waals surface area contributed by atoms with Gasteiger partial charge in [0.2, 0.25) is 0 Å². The van der Waals surface area contributed by atoms with Gasteiger partial charge in [-0.15, -0.1) is 0 Å². The molecule has 0 heterocycles. The van der Waals surface area contributed by atoms with Crippen molar-refractivity contribution in [2.75, 3.05) is 6.61 Å². The van der Waals surface area contributed by atoms with Crippen molar-refractivity contribution in [3.8, 4) is 0 Å². The van der Waals surface area contributed by atoms with E-state index >= 15 is 0 Å². The van der Waals surface area contributed by atoms with Crippen LogP contribution in [0.25, 0.3) is 0 Å². The number of rotatable bonds is 11. The molecular weight excluding hydrogens is 304 g/mol. The number of hydrogen-bond acceptors (Lipinski definition) is 3. The molecule has 142 valence electrons. The van der Waals surface area contributed by atoms with E-state index in [0.717, 1.165) is 50.9 Å². The van der Waals surface area contributed by atoms with Gasteiger partial charge in [-0.25, -0.2) is 4.79 Å². The normalized spacial score (nSPS) is 25.6. The van der Waals surface area contributed by atoms with E-state index in [9.17, 15) is 9.90 Å². The van der Waals surface area contributed by atoms with Crippen molar-refractivity contribution >= 4 is 6.16 Å². The quantitative estimate of drug-likeness (QED) is 0.385. The molecule has 0 aliphatic heterocycles. The zero-order valence-corrected chi connectivity index (χ0v) is 15.9. The van der Waals surface area contributed by atoms with Gasteiger partial charge >= 0.3 is 6.16 Å². The van der Waals surface area contributed by atoms with E-state index in [0.29, 0.717) is 24.4 Å². The van der Waals surface area contributed by atoms with Crippen LogP contribution in [0.3, 0.4) is 0 Å². The Kier molecular flexibility index (Phi) is 10.4. The van der Waals surface area contributed by atoms with E-state index in [-0.39, 0.29) is 6.10 Å². The molecule has 1 rings (SSSR count). The number of unbranched alkanes of at least 4 members (excludes halogenated alkanes) is 5. The molecular formula is C20H38O4. The molecule has 4 unspecified atom stereocenters. The molecule has 4 heteroatoms. The van der Waals surface area contributed by atoms with Gasteiger partial charge in [-0.05, 0) is 49.4 Å². The number of ether oxygens (including phenoxy) is 1. The molecule has 0 amide bonds. The Morgan fingerprint density at radius 1 is 1.04 bits per heavy atom. The maximum Gasteiger partial charge on any atom is 0.505 e. The molecule has 24 heavy (non-hydrogen) atoms. The van der Waals surface area contributed by atoms with Gasteiger partial charge in [-0.2, -0.15) is 0 Å². The summed E-state index contributed by atoms with van der Waals surface area (Å²) in [6.07, 6.45) is 9.77. The number of carboxylic acid groups (broad SMARTS) is 1. The fraction of sp³-hybridized carbons (Fsp3) is 0.950. The fourth-order valence-electron chi connectivity index (χ4n) is 4.25. The van der Waals surface area contributed by atoms with Gasteiger partial charge < -0.3 is 14.9 Å². The van der Waals surface area contributed by atoms with Crippen molar-refractivity contribution < 1.29 is 19.7 Å². The Morgan fingerprint density at radius 2 is 1.67 bits per heavy atom. The fourth-order valence-corrected chi connectivity index (χ4v) is 4.25. The molecule has 2 N–H and O–H groups in total. The lowest BCUT2D eigenvalue weighted by Crippen LogP contribution is -2.35. The van der Waals surface area contributed by atoms with Crippen molar-refractivity contribution in [1.29, 1.82) is 0 Å². The Labute approximate surface area is 148 Å². The lowest BCUT2D eigenvalue weighted by atomic mass is 9.67. The Bertz CT molecular complexity index is 343. The summed E-state index contributed by atoms with van der Waals surface area (Å²) in [6, 6.07) is 0. The van der Waals surface area contributed by atoms with Gasteiger partial charge in [0.1, 0.15) is 0 Å². The van der Waals surface area contributed by atoms with Gasteiger partial charge in [-0.1, -0.05) is 59.3 Å². The summed E-state index contributed by atoms with van der Waals surface area (Å²) in [5, 5.41) is 19.0. The molecule has 1 saturated carbocycles. The molecule has 0 spiro atoms. The first-order valence-corrected chi connectivity index (χ1v) is 9.95. The van der Waals surface area contributed by atoms with Crippen LogP contribution in [0.15, 0.2) is 0 Å². The maximum absolute atomic E-state index is 10.7. The number of aliphatic hydroxyl groups is 1. The van der Waals surface area contributed by atoms with Crippen molar-refractivity contribution in [3.05, 3.63) is 0 Å². The summed E-state index contributed by atoms with van der Waals surface area (Å²) in [4.78, 5) is 10.2. The summed E-state index contributed by atoms with van der Waals surface area (Å²) in [5.41, 5.74) is 0. The second-order valence-electron chi connectivity index (χ2n) is 8.08. The van der Waals surface area contributed by atoms with Gasteiger partial charge in [-0.3, -0.25) is 0 Å². The smallest absolute Gasteiger partial charge is 0.450 e. The summed E-state index contributed by atoms with van der Waals surface area (Å²) in [7, 11) is 0. The summed E-state index contributed by atoms with van der Waals surface area (Å²) in [5.74, 6) is 2.60. The van der Waals surface area contributed by atoms with Crippen molar-refractivity contribution in [3.63, 3.8) is 0 Å². The highest BCUT2D eigenvalue weighted by molar-refractivity contribution is 5.56. The summed E-state index contributed by atoms with van der Waals surface area (Å²) in [6.45, 7) is 7.23. The molecule has 1 aliphatic carbocycles. The predicted octanol–water partition coefficient (Wildman–Crippen LogP) is 5.48. The zero-order chi connectivity index (χ0) is 17.9. The Balaban J connectivity index is 2.11. The van der Waals surface area contributed by atoms with E-state index in [1.54, 1.807) is 0 Å². The van der Waals surface area contributed by atoms with Crippen molar-refractivity contribution in [2.45, 2.75) is 91.1 Å². The van der Waals surface area contributed by atoms with Crippen LogP contribution >= 0.6 is 0 Å². The highest BCUT2D eigenvalue weighted by Gasteiger charge is 2.34. The van der Waals surface area contributed by atoms with Crippen LogP contribution in [0.5, 0.6) is 0 Å². The zero-order valence-electron chi connectivity index (χ0n) is 15.9. The van der Waals surface area contributed by atoms with Crippen molar-refractivity contribution in [2.24, 2.45) is 23.7 Å². The lowest BCUT2D eigenvalue weighted by molar-refractivity contribution is 0.00974. The van der Waals surface area contributed by atoms with Gasteiger partial charge in [0.15, 0.2) is 0 Å². The van der Waals surface area contributed by atoms with Crippen LogP contribution < -0.4 is 0 Å². The first kappa shape index (κ1) is 21.3. The molecule has 4 nitrogen and oxygen atoms in total. The van der Waals surface area contributed by atoms with E-state index in [1.165, 1.54) is 19.3 Å². The molecule has 0 saturated heterocycles. The minimum absolute atomic E-state index is 0.135. The van der Waals surface area contributed by atoms with Crippen LogP contribution in [-0.2, 0) is 4.74 Å². The number of carbonyl (C=O) groups is 1. The maximum atomic E-state index is 10.7. The molecule has 4 atom stereocenters.